The van der Waals surface area contributed by atoms with E-state index in [-0.39, 0.29) is 5.88 Å². The fourth-order valence-corrected chi connectivity index (χ4v) is 2.19. The molecule has 0 aliphatic carbocycles. The quantitative estimate of drug-likeness (QED) is 0.709. The first-order chi connectivity index (χ1) is 8.54. The van der Waals surface area contributed by atoms with Crippen LogP contribution in [0.2, 0.25) is 0 Å². The summed E-state index contributed by atoms with van der Waals surface area (Å²) in [6, 6.07) is 0.950. The van der Waals surface area contributed by atoms with E-state index >= 15 is 0 Å². The number of nitrogens with zero attached hydrogens (tertiary/aromatic N) is 2. The molecule has 7 nitrogen and oxygen atoms in total. The number of nitrogen functional groups attached to an aromatic ring is 2. The van der Waals surface area contributed by atoms with Crippen LogP contribution >= 0.6 is 0 Å². The molecule has 1 aliphatic rings. The van der Waals surface area contributed by atoms with E-state index in [0.717, 1.165) is 6.42 Å². The zero-order chi connectivity index (χ0) is 13.3. The van der Waals surface area contributed by atoms with Gasteiger partial charge in [0.15, 0.2) is 5.82 Å². The minimum atomic E-state index is -0.871. The Morgan fingerprint density at radius 3 is 2.89 bits per heavy atom. The van der Waals surface area contributed by atoms with E-state index in [1.807, 2.05) is 0 Å². The van der Waals surface area contributed by atoms with Crippen molar-refractivity contribution in [2.75, 3.05) is 30.0 Å². The molecule has 98 valence electrons. The molecule has 0 unspecified atom stereocenters. The number of nitrogens with two attached hydrogens (primary N) is 2. The summed E-state index contributed by atoms with van der Waals surface area (Å²) in [7, 11) is 1.46. The van der Waals surface area contributed by atoms with Gasteiger partial charge in [-0.3, -0.25) is 0 Å². The summed E-state index contributed by atoms with van der Waals surface area (Å²) in [5, 5.41) is 9.15. The van der Waals surface area contributed by atoms with Crippen molar-refractivity contribution in [2.45, 2.75) is 18.9 Å². The van der Waals surface area contributed by atoms with Crippen molar-refractivity contribution in [1.29, 1.82) is 0 Å². The van der Waals surface area contributed by atoms with Gasteiger partial charge in [-0.2, -0.15) is 4.98 Å². The van der Waals surface area contributed by atoms with Crippen LogP contribution in [0, 0.1) is 0 Å². The van der Waals surface area contributed by atoms with E-state index in [1.165, 1.54) is 7.11 Å². The number of carboxylic acids is 1. The predicted octanol–water partition coefficient (Wildman–Crippen LogP) is 0.308. The lowest BCUT2D eigenvalue weighted by molar-refractivity contribution is -0.138. The van der Waals surface area contributed by atoms with Crippen molar-refractivity contribution < 1.29 is 14.6 Å². The monoisotopic (exact) mass is 252 g/mol. The maximum absolute atomic E-state index is 11.2. The highest BCUT2D eigenvalue weighted by atomic mass is 16.5. The number of hydrogen-bond acceptors (Lipinski definition) is 6. The molecular formula is C11H16N4O3. The third kappa shape index (κ3) is 1.99. The number of aliphatic carboxylic acids is 1. The number of ether oxygens (including phenoxy) is 1. The van der Waals surface area contributed by atoms with Gasteiger partial charge in [0.05, 0.1) is 18.5 Å². The minimum absolute atomic E-state index is 0.259. The van der Waals surface area contributed by atoms with Crippen LogP contribution in [0.3, 0.4) is 0 Å². The molecule has 1 fully saturated rings. The first-order valence-corrected chi connectivity index (χ1v) is 5.64. The third-order valence-electron chi connectivity index (χ3n) is 3.03. The molecule has 1 aromatic rings. The molecule has 0 radical (unpaired) electrons. The maximum atomic E-state index is 11.2. The van der Waals surface area contributed by atoms with Gasteiger partial charge >= 0.3 is 5.97 Å². The highest BCUT2D eigenvalue weighted by Gasteiger charge is 2.33. The van der Waals surface area contributed by atoms with Crippen molar-refractivity contribution in [3.63, 3.8) is 0 Å². The van der Waals surface area contributed by atoms with Gasteiger partial charge in [0.2, 0.25) is 5.88 Å². The first kappa shape index (κ1) is 12.3. The summed E-state index contributed by atoms with van der Waals surface area (Å²) in [4.78, 5) is 17.0. The molecule has 5 N–H and O–H groups in total. The largest absolute Gasteiger partial charge is 0.480 e. The summed E-state index contributed by atoms with van der Waals surface area (Å²) in [6.07, 6.45) is 1.38. The molecule has 2 rings (SSSR count). The van der Waals surface area contributed by atoms with Crippen LogP contribution in [0.15, 0.2) is 6.07 Å². The zero-order valence-corrected chi connectivity index (χ0v) is 10.1. The van der Waals surface area contributed by atoms with Gasteiger partial charge in [-0.25, -0.2) is 4.79 Å². The second kappa shape index (κ2) is 4.59. The van der Waals surface area contributed by atoms with Gasteiger partial charge in [-0.1, -0.05) is 0 Å². The number of aromatic nitrogens is 1. The van der Waals surface area contributed by atoms with Crippen LogP contribution in [-0.4, -0.2) is 35.8 Å². The second-order valence-corrected chi connectivity index (χ2v) is 4.19. The van der Waals surface area contributed by atoms with E-state index in [4.69, 9.17) is 21.3 Å². The molecule has 18 heavy (non-hydrogen) atoms. The Balaban J connectivity index is 2.41. The van der Waals surface area contributed by atoms with Gasteiger partial charge in [-0.15, -0.1) is 0 Å². The lowest BCUT2D eigenvalue weighted by Crippen LogP contribution is -2.37. The van der Waals surface area contributed by atoms with Gasteiger partial charge in [0.25, 0.3) is 0 Å². The van der Waals surface area contributed by atoms with Crippen molar-refractivity contribution in [1.82, 2.24) is 4.98 Å². The lowest BCUT2D eigenvalue weighted by Gasteiger charge is -2.24. The third-order valence-corrected chi connectivity index (χ3v) is 3.03. The van der Waals surface area contributed by atoms with Crippen LogP contribution in [0.5, 0.6) is 5.88 Å². The van der Waals surface area contributed by atoms with Gasteiger partial charge in [0, 0.05) is 6.54 Å². The molecule has 1 aromatic heterocycles. The molecule has 0 aromatic carbocycles. The SMILES string of the molecule is COc1nc(N2CCC[C@H]2C(=O)O)c(N)cc1N. The van der Waals surface area contributed by atoms with Gasteiger partial charge in [0.1, 0.15) is 6.04 Å². The first-order valence-electron chi connectivity index (χ1n) is 5.64. The van der Waals surface area contributed by atoms with Gasteiger partial charge < -0.3 is 26.2 Å². The molecule has 0 saturated carbocycles. The average Bonchev–Trinajstić information content (AvgIpc) is 2.78. The highest BCUT2D eigenvalue weighted by Crippen LogP contribution is 2.33. The van der Waals surface area contributed by atoms with Crippen molar-refractivity contribution in [2.24, 2.45) is 0 Å². The Hall–Kier alpha value is -2.18. The lowest BCUT2D eigenvalue weighted by atomic mass is 10.2. The number of anilines is 3. The highest BCUT2D eigenvalue weighted by molar-refractivity contribution is 5.81. The molecule has 7 heteroatoms. The van der Waals surface area contributed by atoms with E-state index in [2.05, 4.69) is 4.98 Å². The molecule has 0 spiro atoms. The van der Waals surface area contributed by atoms with Crippen LogP contribution in [0.4, 0.5) is 17.2 Å². The Labute approximate surface area is 104 Å². The topological polar surface area (TPSA) is 115 Å². The summed E-state index contributed by atoms with van der Waals surface area (Å²) < 4.78 is 5.03. The van der Waals surface area contributed by atoms with Crippen LogP contribution < -0.4 is 21.1 Å². The Morgan fingerprint density at radius 2 is 2.28 bits per heavy atom. The molecule has 0 bridgehead atoms. The second-order valence-electron chi connectivity index (χ2n) is 4.19. The molecule has 0 amide bonds. The Morgan fingerprint density at radius 1 is 1.56 bits per heavy atom. The molecule has 1 atom stereocenters. The van der Waals surface area contributed by atoms with E-state index in [9.17, 15) is 4.79 Å². The zero-order valence-electron chi connectivity index (χ0n) is 10.1. The Bertz CT molecular complexity index is 478. The van der Waals surface area contributed by atoms with E-state index in [0.29, 0.717) is 30.2 Å². The number of pyridine rings is 1. The fourth-order valence-electron chi connectivity index (χ4n) is 2.19. The molecule has 1 aliphatic heterocycles. The van der Waals surface area contributed by atoms with Crippen molar-refractivity contribution in [3.8, 4) is 5.88 Å². The minimum Gasteiger partial charge on any atom is -0.480 e. The van der Waals surface area contributed by atoms with Gasteiger partial charge in [-0.05, 0) is 18.9 Å². The Kier molecular flexibility index (Phi) is 3.14. The standard InChI is InChI=1S/C11H16N4O3/c1-18-10-7(13)5-6(12)9(14-10)15-4-2-3-8(15)11(16)17/h5,8H,2-4,12-13H2,1H3,(H,16,17)/t8-/m0/s1. The van der Waals surface area contributed by atoms with Crippen LogP contribution in [-0.2, 0) is 4.79 Å². The summed E-state index contributed by atoms with van der Waals surface area (Å²) in [5.74, 6) is -0.189. The summed E-state index contributed by atoms with van der Waals surface area (Å²) in [6.45, 7) is 0.612. The van der Waals surface area contributed by atoms with Crippen molar-refractivity contribution >= 4 is 23.2 Å². The van der Waals surface area contributed by atoms with E-state index < -0.39 is 12.0 Å². The molecular weight excluding hydrogens is 236 g/mol. The smallest absolute Gasteiger partial charge is 0.326 e. The number of carboxylic acid groups (broad SMARTS) is 1. The molecule has 1 saturated heterocycles. The number of rotatable bonds is 3. The maximum Gasteiger partial charge on any atom is 0.326 e. The normalized spacial score (nSPS) is 18.9. The fraction of sp³-hybridized carbons (Fsp3) is 0.455. The number of carbonyl (C=O) groups is 1. The van der Waals surface area contributed by atoms with E-state index in [1.54, 1.807) is 11.0 Å². The number of hydrogen-bond donors (Lipinski definition) is 3. The van der Waals surface area contributed by atoms with Crippen LogP contribution in [0.25, 0.3) is 0 Å². The molecule has 2 heterocycles. The summed E-state index contributed by atoms with van der Waals surface area (Å²) >= 11 is 0. The van der Waals surface area contributed by atoms with Crippen molar-refractivity contribution in [3.05, 3.63) is 6.07 Å². The average molecular weight is 252 g/mol. The predicted molar refractivity (Wildman–Crippen MR) is 67.6 cm³/mol. The van der Waals surface area contributed by atoms with Crippen LogP contribution in [0.1, 0.15) is 12.8 Å². The number of methoxy groups -OCH3 is 1. The summed E-state index contributed by atoms with van der Waals surface area (Å²) in [5.41, 5.74) is 12.2.